The molecule has 3 rings (SSSR count). The zero-order chi connectivity index (χ0) is 15.0. The van der Waals surface area contributed by atoms with E-state index in [1.54, 1.807) is 0 Å². The highest BCUT2D eigenvalue weighted by Crippen LogP contribution is 2.23. The molecule has 0 saturated carbocycles. The minimum atomic E-state index is -1.10. The van der Waals surface area contributed by atoms with Gasteiger partial charge in [-0.15, -0.1) is 0 Å². The number of carboxylic acid groups (broad SMARTS) is 1. The van der Waals surface area contributed by atoms with E-state index in [9.17, 15) is 19.1 Å². The third-order valence-electron chi connectivity index (χ3n) is 3.52. The summed E-state index contributed by atoms with van der Waals surface area (Å²) in [6.07, 6.45) is 1.61. The molecule has 2 heterocycles. The van der Waals surface area contributed by atoms with Crippen molar-refractivity contribution in [2.45, 2.75) is 19.0 Å². The average Bonchev–Trinajstić information content (AvgIpc) is 2.92. The van der Waals surface area contributed by atoms with Crippen LogP contribution in [0.1, 0.15) is 21.7 Å². The molecule has 0 spiro atoms. The largest absolute Gasteiger partial charge is 0.480 e. The van der Waals surface area contributed by atoms with Crippen molar-refractivity contribution in [2.75, 3.05) is 0 Å². The summed E-state index contributed by atoms with van der Waals surface area (Å²) in [5.41, 5.74) is 1.48. The Morgan fingerprint density at radius 2 is 2.24 bits per heavy atom. The zero-order valence-corrected chi connectivity index (χ0v) is 10.9. The molecular formula is C14H12FN3O3. The quantitative estimate of drug-likeness (QED) is 0.869. The van der Waals surface area contributed by atoms with Crippen molar-refractivity contribution in [1.29, 1.82) is 0 Å². The summed E-state index contributed by atoms with van der Waals surface area (Å²) in [5.74, 6) is -2.15. The normalized spacial score (nSPS) is 17.4. The second-order valence-electron chi connectivity index (χ2n) is 4.83. The number of rotatable bonds is 2. The maximum atomic E-state index is 13.2. The lowest BCUT2D eigenvalue weighted by Crippen LogP contribution is -2.48. The van der Waals surface area contributed by atoms with Gasteiger partial charge in [0.2, 0.25) is 0 Å². The van der Waals surface area contributed by atoms with Gasteiger partial charge in [-0.1, -0.05) is 6.07 Å². The van der Waals surface area contributed by atoms with Crippen molar-refractivity contribution >= 4 is 11.9 Å². The Morgan fingerprint density at radius 1 is 1.43 bits per heavy atom. The van der Waals surface area contributed by atoms with E-state index < -0.39 is 23.7 Å². The van der Waals surface area contributed by atoms with Gasteiger partial charge in [-0.25, -0.2) is 14.2 Å². The number of aromatic nitrogens is 2. The highest BCUT2D eigenvalue weighted by atomic mass is 19.1. The summed E-state index contributed by atoms with van der Waals surface area (Å²) in [6, 6.07) is 4.21. The number of benzene rings is 1. The number of carbonyl (C=O) groups is 2. The first-order valence-electron chi connectivity index (χ1n) is 6.36. The van der Waals surface area contributed by atoms with Gasteiger partial charge in [-0.2, -0.15) is 0 Å². The molecule has 0 aliphatic carbocycles. The zero-order valence-electron chi connectivity index (χ0n) is 10.9. The lowest BCUT2D eigenvalue weighted by atomic mass is 10.0. The SMILES string of the molecule is O=C(O)C1Cc2nc[nH]c2CN1C(=O)c1cccc(F)c1. The van der Waals surface area contributed by atoms with Crippen LogP contribution in [-0.4, -0.2) is 37.9 Å². The Bertz CT molecular complexity index is 713. The van der Waals surface area contributed by atoms with Gasteiger partial charge in [0.15, 0.2) is 0 Å². The van der Waals surface area contributed by atoms with E-state index in [-0.39, 0.29) is 18.5 Å². The van der Waals surface area contributed by atoms with Crippen molar-refractivity contribution in [3.63, 3.8) is 0 Å². The molecule has 1 unspecified atom stereocenters. The number of H-pyrrole nitrogens is 1. The van der Waals surface area contributed by atoms with E-state index in [1.165, 1.54) is 29.4 Å². The Morgan fingerprint density at radius 3 is 2.95 bits per heavy atom. The van der Waals surface area contributed by atoms with Gasteiger partial charge in [0, 0.05) is 12.0 Å². The first-order chi connectivity index (χ1) is 10.1. The van der Waals surface area contributed by atoms with Gasteiger partial charge in [0.05, 0.1) is 24.3 Å². The van der Waals surface area contributed by atoms with E-state index >= 15 is 0 Å². The summed E-state index contributed by atoms with van der Waals surface area (Å²) < 4.78 is 13.2. The smallest absolute Gasteiger partial charge is 0.326 e. The molecule has 0 radical (unpaired) electrons. The number of hydrogen-bond donors (Lipinski definition) is 2. The molecule has 0 bridgehead atoms. The summed E-state index contributed by atoms with van der Waals surface area (Å²) in [6.45, 7) is 0.113. The first-order valence-corrected chi connectivity index (χ1v) is 6.36. The lowest BCUT2D eigenvalue weighted by Gasteiger charge is -2.32. The Kier molecular flexibility index (Phi) is 3.17. The third-order valence-corrected chi connectivity index (χ3v) is 3.52. The topological polar surface area (TPSA) is 86.3 Å². The average molecular weight is 289 g/mol. The molecule has 1 aliphatic rings. The molecule has 1 aromatic carbocycles. The van der Waals surface area contributed by atoms with E-state index in [1.807, 2.05) is 0 Å². The molecule has 0 fully saturated rings. The molecule has 2 N–H and O–H groups in total. The van der Waals surface area contributed by atoms with Gasteiger partial charge >= 0.3 is 5.97 Å². The fourth-order valence-corrected chi connectivity index (χ4v) is 2.46. The van der Waals surface area contributed by atoms with Crippen molar-refractivity contribution in [3.05, 3.63) is 53.4 Å². The molecule has 1 amide bonds. The minimum absolute atomic E-state index is 0.113. The van der Waals surface area contributed by atoms with Gasteiger partial charge in [0.25, 0.3) is 5.91 Å². The molecule has 0 saturated heterocycles. The number of hydrogen-bond acceptors (Lipinski definition) is 3. The molecule has 1 atom stereocenters. The van der Waals surface area contributed by atoms with E-state index in [0.29, 0.717) is 11.4 Å². The van der Waals surface area contributed by atoms with Crippen LogP contribution in [-0.2, 0) is 17.8 Å². The Labute approximate surface area is 119 Å². The molecule has 2 aromatic rings. The Hall–Kier alpha value is -2.70. The van der Waals surface area contributed by atoms with E-state index in [0.717, 1.165) is 6.07 Å². The fourth-order valence-electron chi connectivity index (χ4n) is 2.46. The molecule has 1 aliphatic heterocycles. The summed E-state index contributed by atoms with van der Waals surface area (Å²) in [4.78, 5) is 32.0. The number of nitrogens with zero attached hydrogens (tertiary/aromatic N) is 2. The number of fused-ring (bicyclic) bond motifs is 1. The number of aliphatic carboxylic acids is 1. The van der Waals surface area contributed by atoms with Crippen LogP contribution in [0.15, 0.2) is 30.6 Å². The summed E-state index contributed by atoms with van der Waals surface area (Å²) in [7, 11) is 0. The van der Waals surface area contributed by atoms with Crippen LogP contribution < -0.4 is 0 Å². The maximum Gasteiger partial charge on any atom is 0.326 e. The van der Waals surface area contributed by atoms with Crippen LogP contribution >= 0.6 is 0 Å². The molecule has 108 valence electrons. The first kappa shape index (κ1) is 13.3. The monoisotopic (exact) mass is 289 g/mol. The molecule has 1 aromatic heterocycles. The van der Waals surface area contributed by atoms with Crippen LogP contribution in [0.2, 0.25) is 0 Å². The third kappa shape index (κ3) is 2.37. The minimum Gasteiger partial charge on any atom is -0.480 e. The van der Waals surface area contributed by atoms with Crippen LogP contribution in [0.3, 0.4) is 0 Å². The summed E-state index contributed by atoms with van der Waals surface area (Å²) >= 11 is 0. The number of carboxylic acids is 1. The van der Waals surface area contributed by atoms with Crippen LogP contribution in [0.25, 0.3) is 0 Å². The number of aromatic amines is 1. The van der Waals surface area contributed by atoms with Crippen LogP contribution in [0.5, 0.6) is 0 Å². The second kappa shape index (κ2) is 5.01. The molecular weight excluding hydrogens is 277 g/mol. The maximum absolute atomic E-state index is 13.2. The fraction of sp³-hybridized carbons (Fsp3) is 0.214. The Balaban J connectivity index is 1.95. The number of nitrogens with one attached hydrogen (secondary N) is 1. The van der Waals surface area contributed by atoms with Crippen molar-refractivity contribution in [3.8, 4) is 0 Å². The van der Waals surface area contributed by atoms with E-state index in [4.69, 9.17) is 0 Å². The molecule has 6 nitrogen and oxygen atoms in total. The highest BCUT2D eigenvalue weighted by molar-refractivity contribution is 5.96. The number of halogens is 1. The van der Waals surface area contributed by atoms with Crippen molar-refractivity contribution < 1.29 is 19.1 Å². The second-order valence-corrected chi connectivity index (χ2v) is 4.83. The highest BCUT2D eigenvalue weighted by Gasteiger charge is 2.36. The summed E-state index contributed by atoms with van der Waals surface area (Å²) in [5, 5.41) is 9.32. The lowest BCUT2D eigenvalue weighted by molar-refractivity contribution is -0.142. The molecule has 7 heteroatoms. The van der Waals surface area contributed by atoms with Gasteiger partial charge in [0.1, 0.15) is 11.9 Å². The van der Waals surface area contributed by atoms with Crippen molar-refractivity contribution in [2.24, 2.45) is 0 Å². The predicted octanol–water partition coefficient (Wildman–Crippen LogP) is 1.20. The van der Waals surface area contributed by atoms with Gasteiger partial charge < -0.3 is 15.0 Å². The predicted molar refractivity (Wildman–Crippen MR) is 70.0 cm³/mol. The standard InChI is InChI=1S/C14H12FN3O3/c15-9-3-1-2-8(4-9)13(19)18-6-11-10(16-7-17-11)5-12(18)14(20)21/h1-4,7,12H,5-6H2,(H,16,17)(H,20,21). The van der Waals surface area contributed by atoms with Crippen LogP contribution in [0, 0.1) is 5.82 Å². The van der Waals surface area contributed by atoms with Crippen molar-refractivity contribution in [1.82, 2.24) is 14.9 Å². The van der Waals surface area contributed by atoms with E-state index in [2.05, 4.69) is 9.97 Å². The number of amides is 1. The number of carbonyl (C=O) groups excluding carboxylic acids is 1. The van der Waals surface area contributed by atoms with Gasteiger partial charge in [-0.3, -0.25) is 4.79 Å². The van der Waals surface area contributed by atoms with Gasteiger partial charge in [-0.05, 0) is 18.2 Å². The molecule has 21 heavy (non-hydrogen) atoms. The number of imidazole rings is 1. The van der Waals surface area contributed by atoms with Crippen LogP contribution in [0.4, 0.5) is 4.39 Å².